The third-order valence-corrected chi connectivity index (χ3v) is 4.90. The van der Waals surface area contributed by atoms with Crippen LogP contribution in [0.4, 0.5) is 0 Å². The van der Waals surface area contributed by atoms with Crippen molar-refractivity contribution in [3.63, 3.8) is 0 Å². The van der Waals surface area contributed by atoms with E-state index in [1.165, 1.54) is 8.61 Å². The Morgan fingerprint density at radius 1 is 1.33 bits per heavy atom. The summed E-state index contributed by atoms with van der Waals surface area (Å²) in [4.78, 5) is 11.5. The van der Waals surface area contributed by atoms with Crippen molar-refractivity contribution in [1.82, 2.24) is 8.61 Å². The smallest absolute Gasteiger partial charge is 0.282 e. The lowest BCUT2D eigenvalue weighted by Gasteiger charge is -2.31. The number of ketones is 1. The van der Waals surface area contributed by atoms with Gasteiger partial charge >= 0.3 is 0 Å². The van der Waals surface area contributed by atoms with Crippen molar-refractivity contribution in [2.24, 2.45) is 5.92 Å². The average molecular weight is 232 g/mol. The van der Waals surface area contributed by atoms with Crippen LogP contribution >= 0.6 is 0 Å². The molecule has 2 aliphatic rings. The number of nitrogens with zero attached hydrogens (tertiary/aromatic N) is 2. The van der Waals surface area contributed by atoms with Gasteiger partial charge in [-0.15, -0.1) is 0 Å². The van der Waals surface area contributed by atoms with E-state index in [9.17, 15) is 13.2 Å². The van der Waals surface area contributed by atoms with Gasteiger partial charge in [-0.2, -0.15) is 17.0 Å². The summed E-state index contributed by atoms with van der Waals surface area (Å²) in [5, 5.41) is 0. The van der Waals surface area contributed by atoms with Crippen molar-refractivity contribution in [1.29, 1.82) is 0 Å². The van der Waals surface area contributed by atoms with Crippen molar-refractivity contribution in [2.45, 2.75) is 19.3 Å². The molecule has 0 radical (unpaired) electrons. The zero-order valence-corrected chi connectivity index (χ0v) is 9.66. The van der Waals surface area contributed by atoms with Crippen molar-refractivity contribution in [3.05, 3.63) is 0 Å². The van der Waals surface area contributed by atoms with Crippen LogP contribution in [0.1, 0.15) is 19.3 Å². The molecule has 15 heavy (non-hydrogen) atoms. The quantitative estimate of drug-likeness (QED) is 0.680. The maximum absolute atomic E-state index is 11.8. The number of Topliss-reactive ketones (excluding diaryl/α,β-unsaturated/α-hetero) is 1. The normalized spacial score (nSPS) is 27.8. The van der Waals surface area contributed by atoms with Gasteiger partial charge in [0, 0.05) is 26.1 Å². The van der Waals surface area contributed by atoms with E-state index in [0.717, 1.165) is 19.3 Å². The van der Waals surface area contributed by atoms with E-state index in [1.54, 1.807) is 7.05 Å². The zero-order valence-electron chi connectivity index (χ0n) is 8.85. The second-order valence-electron chi connectivity index (χ2n) is 4.26. The predicted molar refractivity (Wildman–Crippen MR) is 55.5 cm³/mol. The molecule has 0 aromatic heterocycles. The van der Waals surface area contributed by atoms with Crippen LogP contribution in [0.25, 0.3) is 0 Å². The molecule has 0 atom stereocenters. The maximum atomic E-state index is 11.8. The first kappa shape index (κ1) is 11.0. The van der Waals surface area contributed by atoms with Crippen LogP contribution in [0, 0.1) is 5.92 Å². The zero-order chi connectivity index (χ0) is 11.1. The number of rotatable bonds is 3. The highest BCUT2D eigenvalue weighted by molar-refractivity contribution is 7.86. The van der Waals surface area contributed by atoms with E-state index in [-0.39, 0.29) is 18.2 Å². The van der Waals surface area contributed by atoms with Gasteiger partial charge < -0.3 is 0 Å². The summed E-state index contributed by atoms with van der Waals surface area (Å²) in [6.45, 7) is 1.10. The molecule has 0 aromatic carbocycles. The molecule has 0 bridgehead atoms. The second-order valence-corrected chi connectivity index (χ2v) is 6.29. The molecule has 1 saturated carbocycles. The van der Waals surface area contributed by atoms with Crippen LogP contribution < -0.4 is 0 Å². The number of carbonyl (C=O) groups is 1. The third kappa shape index (κ3) is 2.21. The summed E-state index contributed by atoms with van der Waals surface area (Å²) in [6.07, 6.45) is 2.67. The molecule has 0 spiro atoms. The number of hydrogen-bond donors (Lipinski definition) is 0. The van der Waals surface area contributed by atoms with E-state index in [2.05, 4.69) is 0 Å². The Kier molecular flexibility index (Phi) is 2.83. The molecular formula is C9H16N2O3S. The Hall–Kier alpha value is -0.460. The van der Waals surface area contributed by atoms with E-state index in [4.69, 9.17) is 0 Å². The fourth-order valence-corrected chi connectivity index (χ4v) is 3.17. The molecule has 86 valence electrons. The minimum absolute atomic E-state index is 0.0668. The summed E-state index contributed by atoms with van der Waals surface area (Å²) in [5.41, 5.74) is 0. The Balaban J connectivity index is 2.03. The SMILES string of the molecule is CN1CCCN(CC(=O)C2CC2)S1(=O)=O. The second kappa shape index (κ2) is 3.84. The Bertz CT molecular complexity index is 362. The van der Waals surface area contributed by atoms with Gasteiger partial charge in [-0.25, -0.2) is 0 Å². The van der Waals surface area contributed by atoms with Crippen molar-refractivity contribution in [2.75, 3.05) is 26.7 Å². The Morgan fingerprint density at radius 2 is 2.00 bits per heavy atom. The molecule has 0 amide bonds. The van der Waals surface area contributed by atoms with E-state index >= 15 is 0 Å². The summed E-state index contributed by atoms with van der Waals surface area (Å²) in [6, 6.07) is 0. The first-order valence-corrected chi connectivity index (χ1v) is 6.65. The van der Waals surface area contributed by atoms with Gasteiger partial charge in [0.1, 0.15) is 0 Å². The van der Waals surface area contributed by atoms with E-state index in [0.29, 0.717) is 13.1 Å². The molecule has 6 heteroatoms. The largest absolute Gasteiger partial charge is 0.298 e. The highest BCUT2D eigenvalue weighted by Gasteiger charge is 2.36. The molecule has 1 aliphatic heterocycles. The highest BCUT2D eigenvalue weighted by atomic mass is 32.2. The first-order chi connectivity index (χ1) is 7.01. The van der Waals surface area contributed by atoms with Gasteiger partial charge in [0.2, 0.25) is 0 Å². The molecule has 1 heterocycles. The van der Waals surface area contributed by atoms with Crippen LogP contribution in [-0.4, -0.2) is 49.5 Å². The maximum Gasteiger partial charge on any atom is 0.282 e. The summed E-state index contributed by atoms with van der Waals surface area (Å²) in [7, 11) is -1.80. The third-order valence-electron chi connectivity index (χ3n) is 2.97. The predicted octanol–water partition coefficient (Wildman–Crippen LogP) is -0.152. The standard InChI is InChI=1S/C9H16N2O3S/c1-10-5-2-6-11(15(10,13)14)7-9(12)8-3-4-8/h8H,2-7H2,1H3. The molecule has 5 nitrogen and oxygen atoms in total. The van der Waals surface area contributed by atoms with Crippen molar-refractivity contribution >= 4 is 16.0 Å². The molecular weight excluding hydrogens is 216 g/mol. The molecule has 0 unspecified atom stereocenters. The minimum Gasteiger partial charge on any atom is -0.298 e. The topological polar surface area (TPSA) is 57.7 Å². The van der Waals surface area contributed by atoms with Crippen molar-refractivity contribution in [3.8, 4) is 0 Å². The Morgan fingerprint density at radius 3 is 2.60 bits per heavy atom. The average Bonchev–Trinajstić information content (AvgIpc) is 2.96. The Labute approximate surface area is 90.2 Å². The van der Waals surface area contributed by atoms with Crippen molar-refractivity contribution < 1.29 is 13.2 Å². The number of hydrogen-bond acceptors (Lipinski definition) is 3. The van der Waals surface area contributed by atoms with Crippen LogP contribution in [0.5, 0.6) is 0 Å². The fraction of sp³-hybridized carbons (Fsp3) is 0.889. The monoisotopic (exact) mass is 232 g/mol. The lowest BCUT2D eigenvalue weighted by atomic mass is 10.2. The molecule has 1 saturated heterocycles. The van der Waals surface area contributed by atoms with Crippen LogP contribution in [-0.2, 0) is 15.0 Å². The number of carbonyl (C=O) groups excluding carboxylic acids is 1. The minimum atomic E-state index is -3.36. The summed E-state index contributed by atoms with van der Waals surface area (Å²) >= 11 is 0. The van der Waals surface area contributed by atoms with Gasteiger partial charge in [-0.1, -0.05) is 0 Å². The van der Waals surface area contributed by atoms with E-state index < -0.39 is 10.2 Å². The first-order valence-electron chi connectivity index (χ1n) is 5.26. The van der Waals surface area contributed by atoms with Gasteiger partial charge in [0.05, 0.1) is 6.54 Å². The van der Waals surface area contributed by atoms with Gasteiger partial charge in [0.15, 0.2) is 5.78 Å². The fourth-order valence-electron chi connectivity index (χ4n) is 1.77. The van der Waals surface area contributed by atoms with Gasteiger partial charge in [0.25, 0.3) is 10.2 Å². The molecule has 0 aromatic rings. The molecule has 2 rings (SSSR count). The van der Waals surface area contributed by atoms with Crippen LogP contribution in [0.3, 0.4) is 0 Å². The van der Waals surface area contributed by atoms with E-state index in [1.807, 2.05) is 0 Å². The van der Waals surface area contributed by atoms with Gasteiger partial charge in [-0.05, 0) is 19.3 Å². The molecule has 2 fully saturated rings. The highest BCUT2D eigenvalue weighted by Crippen LogP contribution is 2.30. The summed E-state index contributed by atoms with van der Waals surface area (Å²) in [5.74, 6) is 0.210. The summed E-state index contributed by atoms with van der Waals surface area (Å²) < 4.78 is 26.2. The lowest BCUT2D eigenvalue weighted by molar-refractivity contribution is -0.120. The lowest BCUT2D eigenvalue weighted by Crippen LogP contribution is -2.49. The molecule has 0 N–H and O–H groups in total. The van der Waals surface area contributed by atoms with Crippen LogP contribution in [0.15, 0.2) is 0 Å². The van der Waals surface area contributed by atoms with Gasteiger partial charge in [-0.3, -0.25) is 4.79 Å². The van der Waals surface area contributed by atoms with Crippen LogP contribution in [0.2, 0.25) is 0 Å². The molecule has 1 aliphatic carbocycles.